The maximum absolute atomic E-state index is 12.4. The molecule has 0 spiro atoms. The van der Waals surface area contributed by atoms with E-state index in [9.17, 15) is 9.59 Å². The zero-order valence-electron chi connectivity index (χ0n) is 20.6. The van der Waals surface area contributed by atoms with Gasteiger partial charge in [0.05, 0.1) is 23.1 Å². The Hall–Kier alpha value is -4.08. The minimum atomic E-state index is -0.615. The van der Waals surface area contributed by atoms with Crippen LogP contribution in [0.2, 0.25) is 0 Å². The van der Waals surface area contributed by atoms with Gasteiger partial charge in [-0.05, 0) is 71.9 Å². The van der Waals surface area contributed by atoms with Gasteiger partial charge in [0.1, 0.15) is 17.4 Å². The van der Waals surface area contributed by atoms with Crippen LogP contribution in [0.25, 0.3) is 10.9 Å². The van der Waals surface area contributed by atoms with Crippen molar-refractivity contribution >= 4 is 40.7 Å². The van der Waals surface area contributed by atoms with E-state index in [2.05, 4.69) is 25.6 Å². The fourth-order valence-corrected chi connectivity index (χ4v) is 3.40. The van der Waals surface area contributed by atoms with Crippen molar-refractivity contribution < 1.29 is 19.1 Å². The number of carbonyl (C=O) groups excluding carboxylic acids is 2. The highest BCUT2D eigenvalue weighted by Crippen LogP contribution is 2.30. The average molecular weight is 477 g/mol. The summed E-state index contributed by atoms with van der Waals surface area (Å²) < 4.78 is 11.9. The maximum atomic E-state index is 12.4. The summed E-state index contributed by atoms with van der Waals surface area (Å²) >= 11 is 0. The Morgan fingerprint density at radius 3 is 2.29 bits per heavy atom. The molecule has 0 saturated carbocycles. The number of fused-ring (bicyclic) bond motifs is 2. The molecular weight excluding hydrogens is 448 g/mol. The normalized spacial score (nSPS) is 15.4. The summed E-state index contributed by atoms with van der Waals surface area (Å²) in [5.41, 5.74) is 2.36. The number of alkyl carbamates (subject to hydrolysis) is 1. The molecule has 1 aliphatic rings. The first-order chi connectivity index (χ1) is 16.4. The number of benzene rings is 2. The van der Waals surface area contributed by atoms with Crippen LogP contribution >= 0.6 is 0 Å². The van der Waals surface area contributed by atoms with Crippen molar-refractivity contribution in [3.63, 3.8) is 0 Å². The van der Waals surface area contributed by atoms with E-state index in [1.807, 2.05) is 12.1 Å². The number of carbonyl (C=O) groups is 2. The highest BCUT2D eigenvalue weighted by Gasteiger charge is 2.24. The third-order valence-corrected chi connectivity index (χ3v) is 4.78. The quantitative estimate of drug-likeness (QED) is 0.452. The third-order valence-electron chi connectivity index (χ3n) is 4.78. The first kappa shape index (κ1) is 24.1. The maximum Gasteiger partial charge on any atom is 0.435 e. The van der Waals surface area contributed by atoms with Gasteiger partial charge in [-0.3, -0.25) is 10.3 Å². The van der Waals surface area contributed by atoms with Crippen molar-refractivity contribution in [3.05, 3.63) is 53.7 Å². The Balaban J connectivity index is 1.46. The van der Waals surface area contributed by atoms with E-state index < -0.39 is 29.6 Å². The monoisotopic (exact) mass is 476 g/mol. The van der Waals surface area contributed by atoms with Crippen LogP contribution in [0.3, 0.4) is 0 Å². The number of nitrogens with zero attached hydrogens (tertiary/aromatic N) is 5. The predicted molar refractivity (Wildman–Crippen MR) is 132 cm³/mol. The smallest absolute Gasteiger partial charge is 0.435 e. The number of aromatic nitrogens is 2. The van der Waals surface area contributed by atoms with Gasteiger partial charge < -0.3 is 9.47 Å². The van der Waals surface area contributed by atoms with Crippen LogP contribution in [-0.2, 0) is 9.47 Å². The largest absolute Gasteiger partial charge is 0.444 e. The van der Waals surface area contributed by atoms with Crippen molar-refractivity contribution in [1.29, 1.82) is 0 Å². The molecule has 3 aromatic rings. The molecule has 0 saturated heterocycles. The van der Waals surface area contributed by atoms with Crippen molar-refractivity contribution in [2.75, 3.05) is 0 Å². The molecule has 10 nitrogen and oxygen atoms in total. The number of nitrogens with one attached hydrogen (secondary N) is 1. The highest BCUT2D eigenvalue weighted by atomic mass is 16.6. The lowest BCUT2D eigenvalue weighted by Gasteiger charge is -2.21. The molecule has 0 bridgehead atoms. The Morgan fingerprint density at radius 2 is 1.60 bits per heavy atom. The van der Waals surface area contributed by atoms with Crippen LogP contribution in [-0.4, -0.2) is 39.4 Å². The van der Waals surface area contributed by atoms with E-state index in [4.69, 9.17) is 9.47 Å². The Morgan fingerprint density at radius 1 is 0.943 bits per heavy atom. The van der Waals surface area contributed by atoms with Crippen molar-refractivity contribution in [2.24, 2.45) is 15.2 Å². The molecule has 1 atom stereocenters. The van der Waals surface area contributed by atoms with Crippen LogP contribution in [0.1, 0.15) is 58.8 Å². The standard InChI is InChI=1S/C25H28N6O4/c1-24(2,3)34-22(32)28-21-19-9-7-17(11-15(19)13-26-21)29-30-18-8-10-20-16(12-18)14-27-31(20)23(33)35-25(4,5)6/h7-14,21H,1-6H3,(H,28,32). The summed E-state index contributed by atoms with van der Waals surface area (Å²) in [6.45, 7) is 10.8. The lowest BCUT2D eigenvalue weighted by Crippen LogP contribution is -2.33. The molecular formula is C25H28N6O4. The number of aliphatic imine (C=N–C) groups is 1. The molecule has 4 rings (SSSR count). The summed E-state index contributed by atoms with van der Waals surface area (Å²) in [6.07, 6.45) is 1.70. The van der Waals surface area contributed by atoms with E-state index in [1.165, 1.54) is 4.68 Å². The molecule has 1 aliphatic heterocycles. The van der Waals surface area contributed by atoms with Gasteiger partial charge in [0.2, 0.25) is 0 Å². The first-order valence-electron chi connectivity index (χ1n) is 11.2. The van der Waals surface area contributed by atoms with Crippen LogP contribution in [0.15, 0.2) is 57.8 Å². The minimum absolute atomic E-state index is 0.505. The van der Waals surface area contributed by atoms with Gasteiger partial charge in [0, 0.05) is 22.7 Å². The average Bonchev–Trinajstić information content (AvgIpc) is 3.33. The number of hydrogen-bond acceptors (Lipinski definition) is 8. The fourth-order valence-electron chi connectivity index (χ4n) is 3.40. The zero-order valence-corrected chi connectivity index (χ0v) is 20.6. The Bertz CT molecular complexity index is 1340. The molecule has 0 fully saturated rings. The fraction of sp³-hybridized carbons (Fsp3) is 0.360. The van der Waals surface area contributed by atoms with E-state index in [1.54, 1.807) is 78.2 Å². The Labute approximate surface area is 203 Å². The topological polar surface area (TPSA) is 120 Å². The van der Waals surface area contributed by atoms with Crippen molar-refractivity contribution in [3.8, 4) is 0 Å². The molecule has 182 valence electrons. The number of azo groups is 1. The molecule has 35 heavy (non-hydrogen) atoms. The van der Waals surface area contributed by atoms with Gasteiger partial charge in [-0.25, -0.2) is 9.59 Å². The molecule has 2 heterocycles. The Kier molecular flexibility index (Phi) is 6.14. The van der Waals surface area contributed by atoms with E-state index >= 15 is 0 Å². The SMILES string of the molecule is CC(C)(C)OC(=O)NC1N=Cc2cc(N=Nc3ccc4c(cnn4C(=O)OC(C)(C)C)c3)ccc21. The summed E-state index contributed by atoms with van der Waals surface area (Å²) in [5.74, 6) is 0. The summed E-state index contributed by atoms with van der Waals surface area (Å²) in [5, 5.41) is 16.3. The molecule has 2 aromatic carbocycles. The van der Waals surface area contributed by atoms with Gasteiger partial charge in [0.15, 0.2) is 0 Å². The summed E-state index contributed by atoms with van der Waals surface area (Å²) in [7, 11) is 0. The van der Waals surface area contributed by atoms with Crippen LogP contribution in [0, 0.1) is 0 Å². The second kappa shape index (κ2) is 8.94. The molecule has 0 aliphatic carbocycles. The number of amides is 1. The van der Waals surface area contributed by atoms with E-state index in [0.29, 0.717) is 16.9 Å². The predicted octanol–water partition coefficient (Wildman–Crippen LogP) is 6.19. The number of rotatable bonds is 3. The second-order valence-corrected chi connectivity index (χ2v) is 10.1. The van der Waals surface area contributed by atoms with Gasteiger partial charge in [0.25, 0.3) is 0 Å². The molecule has 0 radical (unpaired) electrons. The van der Waals surface area contributed by atoms with Crippen molar-refractivity contribution in [1.82, 2.24) is 15.1 Å². The zero-order chi connectivity index (χ0) is 25.4. The van der Waals surface area contributed by atoms with Crippen LogP contribution in [0.5, 0.6) is 0 Å². The second-order valence-electron chi connectivity index (χ2n) is 10.1. The highest BCUT2D eigenvalue weighted by molar-refractivity contribution is 5.89. The van der Waals surface area contributed by atoms with E-state index in [0.717, 1.165) is 16.5 Å². The van der Waals surface area contributed by atoms with Crippen LogP contribution < -0.4 is 5.32 Å². The molecule has 1 amide bonds. The minimum Gasteiger partial charge on any atom is -0.444 e. The van der Waals surface area contributed by atoms with Gasteiger partial charge >= 0.3 is 12.2 Å². The lowest BCUT2D eigenvalue weighted by atomic mass is 10.1. The third kappa shape index (κ3) is 5.89. The molecule has 10 heteroatoms. The van der Waals surface area contributed by atoms with E-state index in [-0.39, 0.29) is 0 Å². The molecule has 1 unspecified atom stereocenters. The first-order valence-corrected chi connectivity index (χ1v) is 11.2. The number of hydrogen-bond donors (Lipinski definition) is 1. The van der Waals surface area contributed by atoms with Gasteiger partial charge in [-0.1, -0.05) is 6.07 Å². The molecule has 1 aromatic heterocycles. The number of ether oxygens (including phenoxy) is 2. The van der Waals surface area contributed by atoms with Gasteiger partial charge in [-0.15, -0.1) is 0 Å². The summed E-state index contributed by atoms with van der Waals surface area (Å²) in [4.78, 5) is 28.8. The summed E-state index contributed by atoms with van der Waals surface area (Å²) in [6, 6.07) is 10.8. The lowest BCUT2D eigenvalue weighted by molar-refractivity contribution is 0.0500. The van der Waals surface area contributed by atoms with Crippen molar-refractivity contribution in [2.45, 2.75) is 58.9 Å². The van der Waals surface area contributed by atoms with Gasteiger partial charge in [-0.2, -0.15) is 20.0 Å². The van der Waals surface area contributed by atoms with Crippen LogP contribution in [0.4, 0.5) is 21.0 Å². The molecule has 1 N–H and O–H groups in total.